The molecule has 0 spiro atoms. The first-order valence-corrected chi connectivity index (χ1v) is 5.51. The van der Waals surface area contributed by atoms with E-state index in [1.54, 1.807) is 24.3 Å². The molecule has 0 unspecified atom stereocenters. The van der Waals surface area contributed by atoms with Crippen LogP contribution in [-0.2, 0) is 21.1 Å². The number of hydrogen-bond donors (Lipinski definition) is 0. The summed E-state index contributed by atoms with van der Waals surface area (Å²) in [5.74, 6) is 0.855. The number of benzene rings is 1. The first-order chi connectivity index (χ1) is 6.77. The van der Waals surface area contributed by atoms with E-state index in [2.05, 4.69) is 22.9 Å². The number of rotatable bonds is 5. The Morgan fingerprint density at radius 3 is 2.40 bits per heavy atom. The van der Waals surface area contributed by atoms with Crippen LogP contribution in [0.4, 0.5) is 0 Å². The number of halogens is 1. The maximum absolute atomic E-state index is 11.2. The summed E-state index contributed by atoms with van der Waals surface area (Å²) in [6, 6.07) is 7.13. The van der Waals surface area contributed by atoms with Crippen molar-refractivity contribution in [3.05, 3.63) is 36.8 Å². The zero-order valence-electron chi connectivity index (χ0n) is 8.24. The van der Waals surface area contributed by atoms with Gasteiger partial charge in [0.05, 0.1) is 11.9 Å². The summed E-state index contributed by atoms with van der Waals surface area (Å²) < 4.78 is 5.34. The molecule has 1 aromatic carbocycles. The molecule has 1 rings (SSSR count). The van der Waals surface area contributed by atoms with Gasteiger partial charge in [-0.25, -0.2) is 0 Å². The minimum atomic E-state index is 0. The molecule has 0 aliphatic rings. The molecule has 0 radical (unpaired) electrons. The zero-order valence-corrected chi connectivity index (χ0v) is 11.8. The summed E-state index contributed by atoms with van der Waals surface area (Å²) in [7, 11) is 0. The summed E-state index contributed by atoms with van der Waals surface area (Å²) in [6.45, 7) is 4.28. The molecule has 0 amide bonds. The molecular formula is C11H12BrMoO2-. The predicted octanol–water partition coefficient (Wildman–Crippen LogP) is 2.86. The third-order valence-corrected chi connectivity index (χ3v) is 2.22. The van der Waals surface area contributed by atoms with Crippen LogP contribution in [0.2, 0.25) is 0 Å². The molecule has 1 aromatic rings. The number of ether oxygens (including phenoxy) is 1. The number of ketones is 1. The first-order valence-electron chi connectivity index (χ1n) is 4.39. The summed E-state index contributed by atoms with van der Waals surface area (Å²) >= 11 is 3.12. The SMILES string of the molecule is [CH2-]CCOc1ccc(C(=O)CBr)cc1.[Mo]. The topological polar surface area (TPSA) is 26.3 Å². The molecule has 0 aliphatic carbocycles. The predicted molar refractivity (Wildman–Crippen MR) is 60.0 cm³/mol. The molecule has 0 bridgehead atoms. The Morgan fingerprint density at radius 2 is 1.93 bits per heavy atom. The number of hydrogen-bond acceptors (Lipinski definition) is 2. The van der Waals surface area contributed by atoms with Crippen molar-refractivity contribution in [2.45, 2.75) is 6.42 Å². The second kappa shape index (κ2) is 8.06. The number of carbonyl (C=O) groups is 1. The van der Waals surface area contributed by atoms with Crippen LogP contribution in [0.25, 0.3) is 0 Å². The largest absolute Gasteiger partial charge is 0.496 e. The van der Waals surface area contributed by atoms with E-state index in [1.165, 1.54) is 0 Å². The molecule has 4 heteroatoms. The van der Waals surface area contributed by atoms with E-state index >= 15 is 0 Å². The molecule has 0 aliphatic heterocycles. The maximum atomic E-state index is 11.2. The van der Waals surface area contributed by atoms with Crippen molar-refractivity contribution in [2.24, 2.45) is 0 Å². The second-order valence-electron chi connectivity index (χ2n) is 2.78. The van der Waals surface area contributed by atoms with Crippen LogP contribution in [0.5, 0.6) is 5.75 Å². The molecule has 0 aromatic heterocycles. The average Bonchev–Trinajstić information content (AvgIpc) is 2.26. The second-order valence-corrected chi connectivity index (χ2v) is 3.34. The van der Waals surface area contributed by atoms with Crippen LogP contribution >= 0.6 is 15.9 Å². The van der Waals surface area contributed by atoms with Gasteiger partial charge in [0.25, 0.3) is 0 Å². The van der Waals surface area contributed by atoms with Crippen LogP contribution in [0.1, 0.15) is 16.8 Å². The van der Waals surface area contributed by atoms with E-state index in [4.69, 9.17) is 4.74 Å². The van der Waals surface area contributed by atoms with E-state index in [0.29, 0.717) is 17.5 Å². The zero-order chi connectivity index (χ0) is 10.4. The van der Waals surface area contributed by atoms with E-state index in [-0.39, 0.29) is 26.8 Å². The molecule has 0 saturated heterocycles. The normalized spacial score (nSPS) is 9.20. The van der Waals surface area contributed by atoms with E-state index in [9.17, 15) is 4.79 Å². The van der Waals surface area contributed by atoms with Crippen LogP contribution in [0, 0.1) is 6.92 Å². The Hall–Kier alpha value is -0.142. The molecule has 0 fully saturated rings. The Labute approximate surface area is 113 Å². The van der Waals surface area contributed by atoms with Crippen molar-refractivity contribution < 1.29 is 30.6 Å². The third-order valence-electron chi connectivity index (χ3n) is 1.71. The molecule has 0 heterocycles. The summed E-state index contributed by atoms with van der Waals surface area (Å²) in [4.78, 5) is 11.2. The Morgan fingerprint density at radius 1 is 1.33 bits per heavy atom. The number of carbonyl (C=O) groups excluding carboxylic acids is 1. The number of alkyl halides is 1. The fourth-order valence-electron chi connectivity index (χ4n) is 1.00. The van der Waals surface area contributed by atoms with Gasteiger partial charge in [-0.3, -0.25) is 4.79 Å². The van der Waals surface area contributed by atoms with E-state index in [0.717, 1.165) is 12.2 Å². The van der Waals surface area contributed by atoms with Crippen molar-refractivity contribution in [3.8, 4) is 5.75 Å². The van der Waals surface area contributed by atoms with Crippen molar-refractivity contribution in [3.63, 3.8) is 0 Å². The maximum Gasteiger partial charge on any atom is 0.173 e. The van der Waals surface area contributed by atoms with E-state index in [1.807, 2.05) is 0 Å². The van der Waals surface area contributed by atoms with Gasteiger partial charge in [-0.15, -0.1) is 6.42 Å². The fourth-order valence-corrected chi connectivity index (χ4v) is 1.33. The van der Waals surface area contributed by atoms with Crippen LogP contribution in [-0.4, -0.2) is 17.7 Å². The van der Waals surface area contributed by atoms with Gasteiger partial charge in [0.1, 0.15) is 5.75 Å². The smallest absolute Gasteiger partial charge is 0.173 e. The van der Waals surface area contributed by atoms with Gasteiger partial charge < -0.3 is 11.7 Å². The van der Waals surface area contributed by atoms with Crippen molar-refractivity contribution in [1.29, 1.82) is 0 Å². The van der Waals surface area contributed by atoms with Gasteiger partial charge in [-0.05, 0) is 24.3 Å². The first kappa shape index (κ1) is 14.9. The molecule has 82 valence electrons. The minimum absolute atomic E-state index is 0. The Balaban J connectivity index is 0.00000196. The van der Waals surface area contributed by atoms with Crippen molar-refractivity contribution in [1.82, 2.24) is 0 Å². The van der Waals surface area contributed by atoms with Gasteiger partial charge >= 0.3 is 0 Å². The number of Topliss-reactive ketones (excluding diaryl/α,β-unsaturated/α-hetero) is 1. The van der Waals surface area contributed by atoms with Gasteiger partial charge in [0.2, 0.25) is 0 Å². The van der Waals surface area contributed by atoms with Gasteiger partial charge in [0.15, 0.2) is 5.78 Å². The minimum Gasteiger partial charge on any atom is -0.496 e. The Bertz CT molecular complexity index is 298. The monoisotopic (exact) mass is 353 g/mol. The molecule has 0 saturated carbocycles. The Kier molecular flexibility index (Phi) is 7.99. The van der Waals surface area contributed by atoms with Gasteiger partial charge in [-0.2, -0.15) is 0 Å². The van der Waals surface area contributed by atoms with Crippen LogP contribution in [0.3, 0.4) is 0 Å². The molecule has 0 N–H and O–H groups in total. The standard InChI is InChI=1S/C11H12BrO2.Mo/c1-2-7-14-10-5-3-9(4-6-10)11(13)8-12;/h3-6H,1-2,7-8H2;/q-1;. The third kappa shape index (κ3) is 4.94. The summed E-state index contributed by atoms with van der Waals surface area (Å²) in [5.41, 5.74) is 0.698. The molecule has 0 atom stereocenters. The summed E-state index contributed by atoms with van der Waals surface area (Å²) in [6.07, 6.45) is 0.738. The molecular weight excluding hydrogens is 340 g/mol. The quantitative estimate of drug-likeness (QED) is 0.353. The van der Waals surface area contributed by atoms with Crippen LogP contribution < -0.4 is 4.74 Å². The molecule has 15 heavy (non-hydrogen) atoms. The summed E-state index contributed by atoms with van der Waals surface area (Å²) in [5, 5.41) is 0.353. The average molecular weight is 352 g/mol. The molecule has 2 nitrogen and oxygen atoms in total. The fraction of sp³-hybridized carbons (Fsp3) is 0.273. The van der Waals surface area contributed by atoms with Crippen LogP contribution in [0.15, 0.2) is 24.3 Å². The van der Waals surface area contributed by atoms with Crippen molar-refractivity contribution >= 4 is 21.7 Å². The van der Waals surface area contributed by atoms with Gasteiger partial charge in [0, 0.05) is 26.6 Å². The van der Waals surface area contributed by atoms with E-state index < -0.39 is 0 Å². The van der Waals surface area contributed by atoms with Crippen molar-refractivity contribution in [2.75, 3.05) is 11.9 Å². The van der Waals surface area contributed by atoms with Gasteiger partial charge in [-0.1, -0.05) is 15.9 Å².